The van der Waals surface area contributed by atoms with Gasteiger partial charge < -0.3 is 24.3 Å². The fourth-order valence-corrected chi connectivity index (χ4v) is 2.90. The molecule has 0 saturated heterocycles. The van der Waals surface area contributed by atoms with Crippen LogP contribution in [0.5, 0.6) is 23.0 Å². The van der Waals surface area contributed by atoms with Gasteiger partial charge in [-0.15, -0.1) is 0 Å². The lowest BCUT2D eigenvalue weighted by molar-refractivity contribution is -0.128. The van der Waals surface area contributed by atoms with E-state index in [1.807, 2.05) is 32.0 Å². The molecule has 1 N–H and O–H groups in total. The first-order valence-electron chi connectivity index (χ1n) is 9.39. The average molecular weight is 387 g/mol. The molecule has 1 amide bonds. The van der Waals surface area contributed by atoms with E-state index in [-0.39, 0.29) is 11.9 Å². The Balaban J connectivity index is 2.10. The lowest BCUT2D eigenvalue weighted by Gasteiger charge is -2.23. The molecular weight excluding hydrogens is 358 g/mol. The number of amides is 1. The third kappa shape index (κ3) is 5.31. The summed E-state index contributed by atoms with van der Waals surface area (Å²) in [6, 6.07) is 12.7. The summed E-state index contributed by atoms with van der Waals surface area (Å²) in [6.45, 7) is 3.94. The standard InChI is InChI=1S/C22H29NO5/c1-6-18(15-8-13-20(26-4)21(14-15)27-5)23-22(24)19(7-2)28-17-11-9-16(25-3)10-12-17/h8-14,18-19H,6-7H2,1-5H3,(H,23,24). The molecule has 2 unspecified atom stereocenters. The summed E-state index contributed by atoms with van der Waals surface area (Å²) in [4.78, 5) is 12.8. The van der Waals surface area contributed by atoms with Crippen molar-refractivity contribution in [2.75, 3.05) is 21.3 Å². The highest BCUT2D eigenvalue weighted by Gasteiger charge is 2.22. The van der Waals surface area contributed by atoms with Gasteiger partial charge in [0.2, 0.25) is 0 Å². The predicted molar refractivity (Wildman–Crippen MR) is 108 cm³/mol. The highest BCUT2D eigenvalue weighted by Crippen LogP contribution is 2.31. The van der Waals surface area contributed by atoms with Crippen molar-refractivity contribution in [3.8, 4) is 23.0 Å². The van der Waals surface area contributed by atoms with Crippen LogP contribution in [0, 0.1) is 0 Å². The smallest absolute Gasteiger partial charge is 0.261 e. The Hall–Kier alpha value is -2.89. The largest absolute Gasteiger partial charge is 0.497 e. The maximum atomic E-state index is 12.8. The summed E-state index contributed by atoms with van der Waals surface area (Å²) in [7, 11) is 4.80. The third-order valence-electron chi connectivity index (χ3n) is 4.54. The molecule has 0 heterocycles. The Morgan fingerprint density at radius 2 is 1.50 bits per heavy atom. The highest BCUT2D eigenvalue weighted by molar-refractivity contribution is 5.81. The van der Waals surface area contributed by atoms with E-state index in [0.29, 0.717) is 23.7 Å². The zero-order valence-corrected chi connectivity index (χ0v) is 17.2. The molecule has 0 radical (unpaired) electrons. The fourth-order valence-electron chi connectivity index (χ4n) is 2.90. The van der Waals surface area contributed by atoms with Crippen LogP contribution < -0.4 is 24.3 Å². The molecular formula is C22H29NO5. The Kier molecular flexibility index (Phi) is 7.99. The first kappa shape index (κ1) is 21.4. The van der Waals surface area contributed by atoms with Crippen molar-refractivity contribution in [2.45, 2.75) is 38.8 Å². The Bertz CT molecular complexity index is 760. The molecule has 2 aromatic rings. The minimum absolute atomic E-state index is 0.152. The van der Waals surface area contributed by atoms with E-state index >= 15 is 0 Å². The molecule has 0 saturated carbocycles. The summed E-state index contributed by atoms with van der Waals surface area (Å²) >= 11 is 0. The first-order chi connectivity index (χ1) is 13.6. The summed E-state index contributed by atoms with van der Waals surface area (Å²) in [5.74, 6) is 2.50. The summed E-state index contributed by atoms with van der Waals surface area (Å²) < 4.78 is 21.7. The molecule has 2 aromatic carbocycles. The SMILES string of the molecule is CCC(Oc1ccc(OC)cc1)C(=O)NC(CC)c1ccc(OC)c(OC)c1. The van der Waals surface area contributed by atoms with Gasteiger partial charge in [0, 0.05) is 0 Å². The van der Waals surface area contributed by atoms with Crippen molar-refractivity contribution in [1.82, 2.24) is 5.32 Å². The molecule has 0 aliphatic carbocycles. The van der Waals surface area contributed by atoms with Gasteiger partial charge in [-0.05, 0) is 54.8 Å². The number of nitrogens with one attached hydrogen (secondary N) is 1. The number of carbonyl (C=O) groups is 1. The van der Waals surface area contributed by atoms with Crippen LogP contribution in [-0.4, -0.2) is 33.3 Å². The van der Waals surface area contributed by atoms with Crippen molar-refractivity contribution in [3.05, 3.63) is 48.0 Å². The molecule has 2 rings (SSSR count). The maximum Gasteiger partial charge on any atom is 0.261 e. The molecule has 6 heteroatoms. The molecule has 0 aliphatic rings. The lowest BCUT2D eigenvalue weighted by Crippen LogP contribution is -2.39. The number of ether oxygens (including phenoxy) is 4. The van der Waals surface area contributed by atoms with Crippen LogP contribution in [0.25, 0.3) is 0 Å². The van der Waals surface area contributed by atoms with Gasteiger partial charge in [0.05, 0.1) is 27.4 Å². The Morgan fingerprint density at radius 1 is 0.857 bits per heavy atom. The van der Waals surface area contributed by atoms with Crippen molar-refractivity contribution < 1.29 is 23.7 Å². The van der Waals surface area contributed by atoms with Crippen molar-refractivity contribution in [3.63, 3.8) is 0 Å². The van der Waals surface area contributed by atoms with E-state index < -0.39 is 6.10 Å². The summed E-state index contributed by atoms with van der Waals surface area (Å²) in [6.07, 6.45) is 0.711. The van der Waals surface area contributed by atoms with Crippen LogP contribution in [0.3, 0.4) is 0 Å². The fraction of sp³-hybridized carbons (Fsp3) is 0.409. The maximum absolute atomic E-state index is 12.8. The van der Waals surface area contributed by atoms with Gasteiger partial charge in [-0.25, -0.2) is 0 Å². The lowest BCUT2D eigenvalue weighted by atomic mass is 10.0. The topological polar surface area (TPSA) is 66.0 Å². The van der Waals surface area contributed by atoms with Crippen molar-refractivity contribution in [1.29, 1.82) is 0 Å². The van der Waals surface area contributed by atoms with Crippen molar-refractivity contribution >= 4 is 5.91 Å². The normalized spacial score (nSPS) is 12.6. The van der Waals surface area contributed by atoms with Gasteiger partial charge in [-0.2, -0.15) is 0 Å². The monoisotopic (exact) mass is 387 g/mol. The van der Waals surface area contributed by atoms with Crippen LogP contribution in [0.4, 0.5) is 0 Å². The van der Waals surface area contributed by atoms with E-state index in [0.717, 1.165) is 17.7 Å². The molecule has 0 fully saturated rings. The van der Waals surface area contributed by atoms with Crippen LogP contribution in [-0.2, 0) is 4.79 Å². The quantitative estimate of drug-likeness (QED) is 0.664. The van der Waals surface area contributed by atoms with Crippen LogP contribution in [0.2, 0.25) is 0 Å². The second kappa shape index (κ2) is 10.4. The minimum atomic E-state index is -0.581. The van der Waals surface area contributed by atoms with Gasteiger partial charge >= 0.3 is 0 Å². The van der Waals surface area contributed by atoms with E-state index in [4.69, 9.17) is 18.9 Å². The predicted octanol–water partition coefficient (Wildman–Crippen LogP) is 4.14. The molecule has 28 heavy (non-hydrogen) atoms. The molecule has 0 aromatic heterocycles. The number of carbonyl (C=O) groups excluding carboxylic acids is 1. The van der Waals surface area contributed by atoms with Gasteiger partial charge in [-0.3, -0.25) is 4.79 Å². The first-order valence-corrected chi connectivity index (χ1v) is 9.39. The number of hydrogen-bond acceptors (Lipinski definition) is 5. The number of hydrogen-bond donors (Lipinski definition) is 1. The average Bonchev–Trinajstić information content (AvgIpc) is 2.75. The molecule has 6 nitrogen and oxygen atoms in total. The highest BCUT2D eigenvalue weighted by atomic mass is 16.5. The minimum Gasteiger partial charge on any atom is -0.497 e. The molecule has 152 valence electrons. The molecule has 0 spiro atoms. The van der Waals surface area contributed by atoms with Gasteiger partial charge in [0.15, 0.2) is 17.6 Å². The zero-order valence-electron chi connectivity index (χ0n) is 17.2. The number of benzene rings is 2. The molecule has 0 aliphatic heterocycles. The van der Waals surface area contributed by atoms with E-state index in [1.54, 1.807) is 45.6 Å². The van der Waals surface area contributed by atoms with Gasteiger partial charge in [-0.1, -0.05) is 19.9 Å². The number of methoxy groups -OCH3 is 3. The second-order valence-corrected chi connectivity index (χ2v) is 6.27. The van der Waals surface area contributed by atoms with E-state index in [9.17, 15) is 4.79 Å². The van der Waals surface area contributed by atoms with E-state index in [1.165, 1.54) is 0 Å². The van der Waals surface area contributed by atoms with Gasteiger partial charge in [0.1, 0.15) is 11.5 Å². The zero-order chi connectivity index (χ0) is 20.5. The van der Waals surface area contributed by atoms with Crippen LogP contribution >= 0.6 is 0 Å². The number of rotatable bonds is 10. The van der Waals surface area contributed by atoms with Gasteiger partial charge in [0.25, 0.3) is 5.91 Å². The van der Waals surface area contributed by atoms with Crippen LogP contribution in [0.1, 0.15) is 38.3 Å². The summed E-state index contributed by atoms with van der Waals surface area (Å²) in [5.41, 5.74) is 0.952. The Morgan fingerprint density at radius 3 is 2.04 bits per heavy atom. The third-order valence-corrected chi connectivity index (χ3v) is 4.54. The second-order valence-electron chi connectivity index (χ2n) is 6.27. The van der Waals surface area contributed by atoms with Crippen LogP contribution in [0.15, 0.2) is 42.5 Å². The van der Waals surface area contributed by atoms with Crippen molar-refractivity contribution in [2.24, 2.45) is 0 Å². The molecule has 2 atom stereocenters. The molecule has 0 bridgehead atoms. The Labute approximate surface area is 166 Å². The summed E-state index contributed by atoms with van der Waals surface area (Å²) in [5, 5.41) is 3.08. The van der Waals surface area contributed by atoms with E-state index in [2.05, 4.69) is 5.32 Å².